The fourth-order valence-corrected chi connectivity index (χ4v) is 5.55. The minimum Gasteiger partial charge on any atom is -0.387 e. The zero-order valence-corrected chi connectivity index (χ0v) is 9.79. The van der Waals surface area contributed by atoms with Gasteiger partial charge in [0.15, 0.2) is 9.84 Å². The Kier molecular flexibility index (Phi) is 2.81. The lowest BCUT2D eigenvalue weighted by molar-refractivity contribution is -0.0513. The van der Waals surface area contributed by atoms with Crippen LogP contribution in [0.1, 0.15) is 32.1 Å². The fraction of sp³-hybridized carbons (Fsp3) is 1.00. The largest absolute Gasteiger partial charge is 0.387 e. The normalized spacial score (nSPS) is 43.9. The van der Waals surface area contributed by atoms with Crippen molar-refractivity contribution in [3.05, 3.63) is 0 Å². The van der Waals surface area contributed by atoms with Crippen LogP contribution in [0, 0.1) is 0 Å². The summed E-state index contributed by atoms with van der Waals surface area (Å²) in [7, 11) is -1.43. The number of hydrogen-bond donors (Lipinski definition) is 1. The molecule has 2 aliphatic heterocycles. The van der Waals surface area contributed by atoms with Crippen molar-refractivity contribution in [1.29, 1.82) is 0 Å². The van der Waals surface area contributed by atoms with Gasteiger partial charge in [-0.15, -0.1) is 0 Å². The van der Waals surface area contributed by atoms with Crippen molar-refractivity contribution in [1.82, 2.24) is 0 Å². The van der Waals surface area contributed by atoms with Crippen molar-refractivity contribution in [2.24, 2.45) is 0 Å². The van der Waals surface area contributed by atoms with E-state index in [1.165, 1.54) is 7.11 Å². The second kappa shape index (κ2) is 3.71. The average molecular weight is 234 g/mol. The van der Waals surface area contributed by atoms with Gasteiger partial charge in [-0.25, -0.2) is 8.42 Å². The first-order valence-corrected chi connectivity index (χ1v) is 7.03. The lowest BCUT2D eigenvalue weighted by Gasteiger charge is -2.43. The summed E-state index contributed by atoms with van der Waals surface area (Å²) < 4.78 is 28.8. The number of ether oxygens (including phenoxy) is 1. The quantitative estimate of drug-likeness (QED) is 0.755. The zero-order chi connectivity index (χ0) is 11.1. The molecule has 0 radical (unpaired) electrons. The van der Waals surface area contributed by atoms with Gasteiger partial charge < -0.3 is 9.84 Å². The summed E-state index contributed by atoms with van der Waals surface area (Å²) in [6.45, 7) is 0.246. The van der Waals surface area contributed by atoms with E-state index in [-0.39, 0.29) is 17.1 Å². The van der Waals surface area contributed by atoms with E-state index in [2.05, 4.69) is 0 Å². The Hall–Kier alpha value is -0.130. The predicted molar refractivity (Wildman–Crippen MR) is 56.4 cm³/mol. The van der Waals surface area contributed by atoms with Crippen LogP contribution < -0.4 is 0 Å². The van der Waals surface area contributed by atoms with E-state index in [1.807, 2.05) is 0 Å². The van der Waals surface area contributed by atoms with Gasteiger partial charge in [-0.3, -0.25) is 0 Å². The average Bonchev–Trinajstić information content (AvgIpc) is 2.09. The van der Waals surface area contributed by atoms with Crippen molar-refractivity contribution in [2.45, 2.75) is 48.2 Å². The molecule has 0 aromatic rings. The maximum atomic E-state index is 11.9. The monoisotopic (exact) mass is 234 g/mol. The van der Waals surface area contributed by atoms with E-state index in [1.54, 1.807) is 0 Å². The maximum Gasteiger partial charge on any atom is 0.156 e. The van der Waals surface area contributed by atoms with Gasteiger partial charge in [0.1, 0.15) is 0 Å². The molecule has 2 aliphatic rings. The topological polar surface area (TPSA) is 63.6 Å². The van der Waals surface area contributed by atoms with Gasteiger partial charge in [-0.05, 0) is 25.7 Å². The lowest BCUT2D eigenvalue weighted by Crippen LogP contribution is -2.53. The Labute approximate surface area is 90.5 Å². The molecule has 2 unspecified atom stereocenters. The minimum atomic E-state index is -2.97. The van der Waals surface area contributed by atoms with Crippen molar-refractivity contribution in [2.75, 3.05) is 13.7 Å². The Morgan fingerprint density at radius 1 is 1.33 bits per heavy atom. The van der Waals surface area contributed by atoms with Gasteiger partial charge in [-0.2, -0.15) is 0 Å². The van der Waals surface area contributed by atoms with E-state index in [0.29, 0.717) is 25.7 Å². The molecule has 2 heterocycles. The van der Waals surface area contributed by atoms with Gasteiger partial charge in [0.25, 0.3) is 0 Å². The van der Waals surface area contributed by atoms with Crippen LogP contribution in [0.4, 0.5) is 0 Å². The third kappa shape index (κ3) is 1.92. The van der Waals surface area contributed by atoms with E-state index in [0.717, 1.165) is 6.42 Å². The summed E-state index contributed by atoms with van der Waals surface area (Å²) in [5.74, 6) is 0. The number of fused-ring (bicyclic) bond motifs is 2. The van der Waals surface area contributed by atoms with Crippen molar-refractivity contribution >= 4 is 9.84 Å². The zero-order valence-electron chi connectivity index (χ0n) is 8.98. The van der Waals surface area contributed by atoms with Crippen LogP contribution in [-0.4, -0.2) is 43.3 Å². The van der Waals surface area contributed by atoms with E-state index in [9.17, 15) is 13.5 Å². The van der Waals surface area contributed by atoms with Gasteiger partial charge >= 0.3 is 0 Å². The number of sulfone groups is 1. The third-order valence-corrected chi connectivity index (χ3v) is 6.27. The molecular weight excluding hydrogens is 216 g/mol. The number of methoxy groups -OCH3 is 1. The molecule has 2 atom stereocenters. The van der Waals surface area contributed by atoms with E-state index in [4.69, 9.17) is 4.74 Å². The van der Waals surface area contributed by atoms with Crippen LogP contribution in [-0.2, 0) is 14.6 Å². The molecule has 1 N–H and O–H groups in total. The van der Waals surface area contributed by atoms with E-state index < -0.39 is 15.4 Å². The van der Waals surface area contributed by atoms with Crippen LogP contribution in [0.15, 0.2) is 0 Å². The molecule has 4 nitrogen and oxygen atoms in total. The summed E-state index contributed by atoms with van der Waals surface area (Å²) in [4.78, 5) is 0. The van der Waals surface area contributed by atoms with Crippen molar-refractivity contribution < 1.29 is 18.3 Å². The van der Waals surface area contributed by atoms with Crippen LogP contribution in [0.3, 0.4) is 0 Å². The highest BCUT2D eigenvalue weighted by Crippen LogP contribution is 2.41. The molecule has 2 bridgehead atoms. The molecule has 0 aliphatic carbocycles. The molecule has 0 amide bonds. The smallest absolute Gasteiger partial charge is 0.156 e. The van der Waals surface area contributed by atoms with Crippen LogP contribution in [0.25, 0.3) is 0 Å². The van der Waals surface area contributed by atoms with Gasteiger partial charge in [-0.1, -0.05) is 6.42 Å². The summed E-state index contributed by atoms with van der Waals surface area (Å²) in [5, 5.41) is 9.53. The first-order valence-electron chi connectivity index (χ1n) is 5.42. The van der Waals surface area contributed by atoms with Crippen LogP contribution in [0.2, 0.25) is 0 Å². The van der Waals surface area contributed by atoms with Gasteiger partial charge in [0.05, 0.1) is 22.7 Å². The number of hydrogen-bond acceptors (Lipinski definition) is 4. The Bertz CT molecular complexity index is 315. The summed E-state index contributed by atoms with van der Waals surface area (Å²) >= 11 is 0. The van der Waals surface area contributed by atoms with Crippen LogP contribution in [0.5, 0.6) is 0 Å². The highest BCUT2D eigenvalue weighted by Gasteiger charge is 2.50. The van der Waals surface area contributed by atoms with Gasteiger partial charge in [0.2, 0.25) is 0 Å². The molecule has 15 heavy (non-hydrogen) atoms. The molecule has 0 aromatic heterocycles. The SMILES string of the molecule is COCC1(O)CC2CCCC(C1)S2(=O)=O. The molecule has 2 saturated heterocycles. The second-order valence-corrected chi connectivity index (χ2v) is 7.34. The predicted octanol–water partition coefficient (Wildman–Crippen LogP) is 0.494. The fourth-order valence-electron chi connectivity index (χ4n) is 2.93. The first-order chi connectivity index (χ1) is 6.98. The highest BCUT2D eigenvalue weighted by molar-refractivity contribution is 7.92. The molecule has 0 spiro atoms. The second-order valence-electron chi connectivity index (χ2n) is 4.83. The summed E-state index contributed by atoms with van der Waals surface area (Å²) in [6, 6.07) is 0. The lowest BCUT2D eigenvalue weighted by atomic mass is 9.86. The molecule has 2 fully saturated rings. The molecule has 5 heteroatoms. The molecule has 0 saturated carbocycles. The Morgan fingerprint density at radius 2 is 1.87 bits per heavy atom. The standard InChI is InChI=1S/C10H18O4S/c1-14-7-10(11)5-8-3-2-4-9(6-10)15(8,12)13/h8-9,11H,2-7H2,1H3. The minimum absolute atomic E-state index is 0.246. The van der Waals surface area contributed by atoms with Gasteiger partial charge in [0, 0.05) is 7.11 Å². The van der Waals surface area contributed by atoms with Crippen LogP contribution >= 0.6 is 0 Å². The molecule has 0 aromatic carbocycles. The summed E-state index contributed by atoms with van der Waals surface area (Å²) in [6.07, 6.45) is 3.06. The molecular formula is C10H18O4S. The molecule has 88 valence electrons. The maximum absolute atomic E-state index is 11.9. The van der Waals surface area contributed by atoms with Crippen molar-refractivity contribution in [3.63, 3.8) is 0 Å². The van der Waals surface area contributed by atoms with Crippen molar-refractivity contribution in [3.8, 4) is 0 Å². The first kappa shape index (κ1) is 11.4. The third-order valence-electron chi connectivity index (χ3n) is 3.61. The Balaban J connectivity index is 2.22. The Morgan fingerprint density at radius 3 is 2.33 bits per heavy atom. The highest BCUT2D eigenvalue weighted by atomic mass is 32.2. The number of rotatable bonds is 2. The number of aliphatic hydroxyl groups is 1. The summed E-state index contributed by atoms with van der Waals surface area (Å²) in [5.41, 5.74) is -0.921. The van der Waals surface area contributed by atoms with E-state index >= 15 is 0 Å². The molecule has 2 rings (SSSR count).